The lowest BCUT2D eigenvalue weighted by atomic mass is 10.1. The van der Waals surface area contributed by atoms with E-state index in [9.17, 15) is 0 Å². The highest BCUT2D eigenvalue weighted by atomic mass is 35.5. The number of rotatable bonds is 5. The predicted molar refractivity (Wildman–Crippen MR) is 114 cm³/mol. The molecule has 138 valence electrons. The standard InChI is InChI=1S/C21H15Cl2N5/c22-18-7-4-8-19(23)21(18)26-25-13-16-14-28(17-5-2-1-3-6-17)27-20(16)15-9-11-24-12-10-15/h1-14,26H/b25-13+. The Labute approximate surface area is 172 Å². The van der Waals surface area contributed by atoms with E-state index < -0.39 is 0 Å². The van der Waals surface area contributed by atoms with E-state index in [1.54, 1.807) is 36.8 Å². The van der Waals surface area contributed by atoms with E-state index in [-0.39, 0.29) is 0 Å². The zero-order chi connectivity index (χ0) is 19.3. The van der Waals surface area contributed by atoms with E-state index in [4.69, 9.17) is 28.3 Å². The maximum atomic E-state index is 6.18. The molecule has 0 saturated carbocycles. The molecule has 0 aliphatic heterocycles. The van der Waals surface area contributed by atoms with Crippen LogP contribution in [0.15, 0.2) is 84.4 Å². The topological polar surface area (TPSA) is 55.1 Å². The minimum atomic E-state index is 0.499. The van der Waals surface area contributed by atoms with Gasteiger partial charge in [0.15, 0.2) is 0 Å². The van der Waals surface area contributed by atoms with Crippen molar-refractivity contribution >= 4 is 35.1 Å². The average Bonchev–Trinajstić information content (AvgIpc) is 3.16. The number of hydrazone groups is 1. The number of pyridine rings is 1. The highest BCUT2D eigenvalue weighted by Gasteiger charge is 2.11. The summed E-state index contributed by atoms with van der Waals surface area (Å²) in [6.07, 6.45) is 7.09. The monoisotopic (exact) mass is 407 g/mol. The van der Waals surface area contributed by atoms with Gasteiger partial charge in [0.05, 0.1) is 27.6 Å². The second-order valence-electron chi connectivity index (χ2n) is 5.92. The summed E-state index contributed by atoms with van der Waals surface area (Å²) >= 11 is 12.4. The Morgan fingerprint density at radius 1 is 0.893 bits per heavy atom. The molecule has 0 aliphatic carbocycles. The molecule has 4 rings (SSSR count). The van der Waals surface area contributed by atoms with Crippen molar-refractivity contribution in [3.05, 3.63) is 94.9 Å². The van der Waals surface area contributed by atoms with Crippen molar-refractivity contribution in [3.8, 4) is 16.9 Å². The maximum absolute atomic E-state index is 6.18. The van der Waals surface area contributed by atoms with Crippen LogP contribution in [0.2, 0.25) is 10.0 Å². The fraction of sp³-hybridized carbons (Fsp3) is 0. The van der Waals surface area contributed by atoms with Crippen molar-refractivity contribution in [2.75, 3.05) is 5.43 Å². The van der Waals surface area contributed by atoms with Crippen LogP contribution in [0.5, 0.6) is 0 Å². The number of halogens is 2. The third-order valence-electron chi connectivity index (χ3n) is 4.06. The molecular formula is C21H15Cl2N5. The van der Waals surface area contributed by atoms with Gasteiger partial charge in [0.2, 0.25) is 0 Å². The fourth-order valence-electron chi connectivity index (χ4n) is 2.70. The van der Waals surface area contributed by atoms with Crippen molar-refractivity contribution in [2.45, 2.75) is 0 Å². The largest absolute Gasteiger partial charge is 0.275 e. The highest BCUT2D eigenvalue weighted by molar-refractivity contribution is 6.39. The molecule has 0 bridgehead atoms. The number of nitrogens with one attached hydrogen (secondary N) is 1. The van der Waals surface area contributed by atoms with Gasteiger partial charge in [-0.2, -0.15) is 10.2 Å². The quantitative estimate of drug-likeness (QED) is 0.341. The summed E-state index contributed by atoms with van der Waals surface area (Å²) in [5.41, 5.74) is 7.01. The van der Waals surface area contributed by atoms with Gasteiger partial charge in [-0.05, 0) is 36.4 Å². The Hall–Kier alpha value is -3.15. The molecule has 0 amide bonds. The smallest absolute Gasteiger partial charge is 0.102 e. The Morgan fingerprint density at radius 2 is 1.61 bits per heavy atom. The van der Waals surface area contributed by atoms with Crippen LogP contribution in [0.25, 0.3) is 16.9 Å². The van der Waals surface area contributed by atoms with Gasteiger partial charge < -0.3 is 0 Å². The van der Waals surface area contributed by atoms with E-state index in [1.807, 2.05) is 53.3 Å². The van der Waals surface area contributed by atoms with Crippen LogP contribution in [-0.4, -0.2) is 21.0 Å². The molecule has 0 fully saturated rings. The summed E-state index contributed by atoms with van der Waals surface area (Å²) < 4.78 is 1.82. The highest BCUT2D eigenvalue weighted by Crippen LogP contribution is 2.30. The molecule has 0 unspecified atom stereocenters. The number of anilines is 1. The lowest BCUT2D eigenvalue weighted by Gasteiger charge is -2.05. The number of benzene rings is 2. The summed E-state index contributed by atoms with van der Waals surface area (Å²) in [5, 5.41) is 10.0. The maximum Gasteiger partial charge on any atom is 0.102 e. The first kappa shape index (κ1) is 18.2. The van der Waals surface area contributed by atoms with Gasteiger partial charge >= 0.3 is 0 Å². The fourth-order valence-corrected chi connectivity index (χ4v) is 3.18. The Kier molecular flexibility index (Phi) is 5.37. The van der Waals surface area contributed by atoms with Crippen molar-refractivity contribution in [1.82, 2.24) is 14.8 Å². The van der Waals surface area contributed by atoms with Gasteiger partial charge in [-0.15, -0.1) is 0 Å². The van der Waals surface area contributed by atoms with Crippen LogP contribution < -0.4 is 5.43 Å². The molecular weight excluding hydrogens is 393 g/mol. The first-order valence-electron chi connectivity index (χ1n) is 8.51. The molecule has 0 aliphatic rings. The van der Waals surface area contributed by atoms with Crippen LogP contribution >= 0.6 is 23.2 Å². The van der Waals surface area contributed by atoms with Gasteiger partial charge in [0.25, 0.3) is 0 Å². The lowest BCUT2D eigenvalue weighted by molar-refractivity contribution is 0.884. The van der Waals surface area contributed by atoms with Crippen LogP contribution in [-0.2, 0) is 0 Å². The van der Waals surface area contributed by atoms with Crippen molar-refractivity contribution in [3.63, 3.8) is 0 Å². The van der Waals surface area contributed by atoms with E-state index in [1.165, 1.54) is 0 Å². The van der Waals surface area contributed by atoms with Crippen LogP contribution in [0, 0.1) is 0 Å². The summed E-state index contributed by atoms with van der Waals surface area (Å²) in [5.74, 6) is 0. The first-order valence-corrected chi connectivity index (χ1v) is 9.26. The summed E-state index contributed by atoms with van der Waals surface area (Å²) in [6, 6.07) is 19.0. The third-order valence-corrected chi connectivity index (χ3v) is 4.69. The third kappa shape index (κ3) is 3.91. The molecule has 0 spiro atoms. The Balaban J connectivity index is 1.70. The SMILES string of the molecule is Clc1cccc(Cl)c1N/N=C/c1cn(-c2ccccc2)nc1-c1ccncc1. The second kappa shape index (κ2) is 8.25. The molecule has 2 aromatic carbocycles. The van der Waals surface area contributed by atoms with Gasteiger partial charge in [-0.1, -0.05) is 47.5 Å². The number of para-hydroxylation sites is 2. The molecule has 4 aromatic rings. The summed E-state index contributed by atoms with van der Waals surface area (Å²) in [6.45, 7) is 0. The van der Waals surface area contributed by atoms with E-state index in [0.717, 1.165) is 22.5 Å². The van der Waals surface area contributed by atoms with Gasteiger partial charge in [-0.3, -0.25) is 10.4 Å². The van der Waals surface area contributed by atoms with Crippen molar-refractivity contribution < 1.29 is 0 Å². The number of hydrogen-bond acceptors (Lipinski definition) is 4. The van der Waals surface area contributed by atoms with Crippen molar-refractivity contribution in [2.24, 2.45) is 5.10 Å². The minimum Gasteiger partial charge on any atom is -0.275 e. The van der Waals surface area contributed by atoms with Crippen LogP contribution in [0.1, 0.15) is 5.56 Å². The molecule has 5 nitrogen and oxygen atoms in total. The van der Waals surface area contributed by atoms with E-state index in [2.05, 4.69) is 15.5 Å². The average molecular weight is 408 g/mol. The molecule has 1 N–H and O–H groups in total. The predicted octanol–water partition coefficient (Wildman–Crippen LogP) is 5.69. The van der Waals surface area contributed by atoms with Gasteiger partial charge in [0.1, 0.15) is 5.69 Å². The zero-order valence-electron chi connectivity index (χ0n) is 14.6. The zero-order valence-corrected chi connectivity index (χ0v) is 16.1. The molecule has 0 atom stereocenters. The minimum absolute atomic E-state index is 0.499. The molecule has 28 heavy (non-hydrogen) atoms. The molecule has 0 radical (unpaired) electrons. The first-order chi connectivity index (χ1) is 13.7. The second-order valence-corrected chi connectivity index (χ2v) is 6.73. The Bertz CT molecular complexity index is 1090. The van der Waals surface area contributed by atoms with Crippen LogP contribution in [0.3, 0.4) is 0 Å². The number of aromatic nitrogens is 3. The van der Waals surface area contributed by atoms with E-state index >= 15 is 0 Å². The molecule has 2 heterocycles. The molecule has 2 aromatic heterocycles. The van der Waals surface area contributed by atoms with Crippen molar-refractivity contribution in [1.29, 1.82) is 0 Å². The number of nitrogens with zero attached hydrogens (tertiary/aromatic N) is 4. The van der Waals surface area contributed by atoms with E-state index in [0.29, 0.717) is 15.7 Å². The summed E-state index contributed by atoms with van der Waals surface area (Å²) in [4.78, 5) is 4.08. The normalized spacial score (nSPS) is 11.1. The number of hydrogen-bond donors (Lipinski definition) is 1. The van der Waals surface area contributed by atoms with Crippen LogP contribution in [0.4, 0.5) is 5.69 Å². The molecule has 7 heteroatoms. The molecule has 0 saturated heterocycles. The van der Waals surface area contributed by atoms with Gasteiger partial charge in [0, 0.05) is 29.7 Å². The summed E-state index contributed by atoms with van der Waals surface area (Å²) in [7, 11) is 0. The van der Waals surface area contributed by atoms with Gasteiger partial charge in [-0.25, -0.2) is 4.68 Å². The lowest BCUT2D eigenvalue weighted by Crippen LogP contribution is -1.93. The Morgan fingerprint density at radius 3 is 2.32 bits per heavy atom.